The lowest BCUT2D eigenvalue weighted by molar-refractivity contribution is -0.122. The maximum Gasteiger partial charge on any atom is 0.229 e. The molecule has 1 aromatic carbocycles. The van der Waals surface area contributed by atoms with E-state index in [9.17, 15) is 9.90 Å². The minimum atomic E-state index is -0.0314. The smallest absolute Gasteiger partial charge is 0.229 e. The zero-order chi connectivity index (χ0) is 15.1. The van der Waals surface area contributed by atoms with Crippen LogP contribution < -0.4 is 10.6 Å². The van der Waals surface area contributed by atoms with Crippen LogP contribution in [0.2, 0.25) is 0 Å². The summed E-state index contributed by atoms with van der Waals surface area (Å²) >= 11 is 0. The highest BCUT2D eigenvalue weighted by Crippen LogP contribution is 2.23. The monoisotopic (exact) mass is 278 g/mol. The molecule has 0 saturated heterocycles. The fourth-order valence-electron chi connectivity index (χ4n) is 2.26. The Bertz CT molecular complexity index is 432. The van der Waals surface area contributed by atoms with E-state index in [1.165, 1.54) is 0 Å². The standard InChI is InChI=1S/C16H26N2O2/c1-4-18(14-9-6-10-15(19)11-14)16(20)12(2)7-5-8-13(3)17/h6,9-13,19H,4-5,7-8,17H2,1-3H3. The highest BCUT2D eigenvalue weighted by molar-refractivity contribution is 5.94. The maximum absolute atomic E-state index is 12.5. The molecule has 2 unspecified atom stereocenters. The van der Waals surface area contributed by atoms with E-state index in [0.717, 1.165) is 24.9 Å². The molecule has 3 N–H and O–H groups in total. The zero-order valence-corrected chi connectivity index (χ0v) is 12.7. The minimum absolute atomic E-state index is 0.0314. The third kappa shape index (κ3) is 4.85. The summed E-state index contributed by atoms with van der Waals surface area (Å²) in [5.41, 5.74) is 6.47. The van der Waals surface area contributed by atoms with Crippen LogP contribution in [0.25, 0.3) is 0 Å². The van der Waals surface area contributed by atoms with Gasteiger partial charge in [-0.1, -0.05) is 19.4 Å². The highest BCUT2D eigenvalue weighted by atomic mass is 16.3. The molecule has 0 spiro atoms. The van der Waals surface area contributed by atoms with Crippen molar-refractivity contribution in [3.63, 3.8) is 0 Å². The molecule has 0 bridgehead atoms. The van der Waals surface area contributed by atoms with E-state index in [0.29, 0.717) is 6.54 Å². The van der Waals surface area contributed by atoms with Crippen LogP contribution in [-0.2, 0) is 4.79 Å². The molecule has 0 aliphatic rings. The van der Waals surface area contributed by atoms with E-state index >= 15 is 0 Å². The van der Waals surface area contributed by atoms with Gasteiger partial charge in [0.15, 0.2) is 0 Å². The Balaban J connectivity index is 2.67. The predicted octanol–water partition coefficient (Wildman–Crippen LogP) is 2.90. The van der Waals surface area contributed by atoms with Gasteiger partial charge in [0.2, 0.25) is 5.91 Å². The molecular weight excluding hydrogens is 252 g/mol. The number of phenolic OH excluding ortho intramolecular Hbond substituents is 1. The van der Waals surface area contributed by atoms with Gasteiger partial charge in [-0.15, -0.1) is 0 Å². The summed E-state index contributed by atoms with van der Waals surface area (Å²) in [6.07, 6.45) is 2.74. The van der Waals surface area contributed by atoms with Gasteiger partial charge >= 0.3 is 0 Å². The van der Waals surface area contributed by atoms with Crippen LogP contribution in [0.1, 0.15) is 40.0 Å². The lowest BCUT2D eigenvalue weighted by Crippen LogP contribution is -2.35. The molecule has 4 heteroatoms. The van der Waals surface area contributed by atoms with Crippen LogP contribution in [0, 0.1) is 5.92 Å². The molecule has 0 aliphatic heterocycles. The number of benzene rings is 1. The molecule has 0 saturated carbocycles. The molecule has 0 radical (unpaired) electrons. The van der Waals surface area contributed by atoms with Crippen LogP contribution in [0.3, 0.4) is 0 Å². The fraction of sp³-hybridized carbons (Fsp3) is 0.562. The average molecular weight is 278 g/mol. The van der Waals surface area contributed by atoms with Gasteiger partial charge < -0.3 is 15.7 Å². The van der Waals surface area contributed by atoms with Gasteiger partial charge in [-0.2, -0.15) is 0 Å². The predicted molar refractivity (Wildman–Crippen MR) is 82.8 cm³/mol. The Morgan fingerprint density at radius 2 is 2.05 bits per heavy atom. The molecule has 1 rings (SSSR count). The second-order valence-corrected chi connectivity index (χ2v) is 5.41. The van der Waals surface area contributed by atoms with Gasteiger partial charge in [0, 0.05) is 30.3 Å². The van der Waals surface area contributed by atoms with E-state index in [1.807, 2.05) is 26.8 Å². The number of carbonyl (C=O) groups is 1. The SMILES string of the molecule is CCN(C(=O)C(C)CCCC(C)N)c1cccc(O)c1. The van der Waals surface area contributed by atoms with Crippen molar-refractivity contribution in [2.75, 3.05) is 11.4 Å². The maximum atomic E-state index is 12.5. The van der Waals surface area contributed by atoms with E-state index in [2.05, 4.69) is 0 Å². The lowest BCUT2D eigenvalue weighted by Gasteiger charge is -2.25. The minimum Gasteiger partial charge on any atom is -0.508 e. The van der Waals surface area contributed by atoms with E-state index in [4.69, 9.17) is 5.73 Å². The fourth-order valence-corrected chi connectivity index (χ4v) is 2.26. The number of amides is 1. The number of nitrogens with zero attached hydrogens (tertiary/aromatic N) is 1. The van der Waals surface area contributed by atoms with Crippen molar-refractivity contribution in [1.29, 1.82) is 0 Å². The summed E-state index contributed by atoms with van der Waals surface area (Å²) in [5, 5.41) is 9.53. The van der Waals surface area contributed by atoms with Crippen LogP contribution in [0.15, 0.2) is 24.3 Å². The summed E-state index contributed by atoms with van der Waals surface area (Å²) in [6.45, 7) is 6.48. The first-order valence-corrected chi connectivity index (χ1v) is 7.31. The zero-order valence-electron chi connectivity index (χ0n) is 12.7. The van der Waals surface area contributed by atoms with Crippen molar-refractivity contribution >= 4 is 11.6 Å². The molecule has 0 fully saturated rings. The Morgan fingerprint density at radius 1 is 1.35 bits per heavy atom. The van der Waals surface area contributed by atoms with Gasteiger partial charge in [-0.25, -0.2) is 0 Å². The molecule has 1 amide bonds. The van der Waals surface area contributed by atoms with E-state index in [1.54, 1.807) is 23.1 Å². The Hall–Kier alpha value is -1.55. The quantitative estimate of drug-likeness (QED) is 0.806. The molecule has 4 nitrogen and oxygen atoms in total. The summed E-state index contributed by atoms with van der Waals surface area (Å²) in [7, 11) is 0. The number of rotatable bonds is 7. The molecule has 0 aromatic heterocycles. The van der Waals surface area contributed by atoms with Crippen molar-refractivity contribution in [2.24, 2.45) is 11.7 Å². The molecule has 0 aliphatic carbocycles. The van der Waals surface area contributed by atoms with Crippen LogP contribution in [0.4, 0.5) is 5.69 Å². The number of hydrogen-bond donors (Lipinski definition) is 2. The van der Waals surface area contributed by atoms with Gasteiger partial charge in [-0.3, -0.25) is 4.79 Å². The van der Waals surface area contributed by atoms with Gasteiger partial charge in [0.25, 0.3) is 0 Å². The molecule has 112 valence electrons. The van der Waals surface area contributed by atoms with Gasteiger partial charge in [0.05, 0.1) is 0 Å². The number of anilines is 1. The van der Waals surface area contributed by atoms with Crippen molar-refractivity contribution < 1.29 is 9.90 Å². The summed E-state index contributed by atoms with van der Waals surface area (Å²) in [4.78, 5) is 14.2. The largest absolute Gasteiger partial charge is 0.508 e. The topological polar surface area (TPSA) is 66.6 Å². The van der Waals surface area contributed by atoms with Crippen LogP contribution >= 0.6 is 0 Å². The van der Waals surface area contributed by atoms with Gasteiger partial charge in [0.1, 0.15) is 5.75 Å². The Morgan fingerprint density at radius 3 is 2.60 bits per heavy atom. The third-order valence-electron chi connectivity index (χ3n) is 3.44. The first kappa shape index (κ1) is 16.5. The molecule has 1 aromatic rings. The number of phenols is 1. The van der Waals surface area contributed by atoms with E-state index in [-0.39, 0.29) is 23.6 Å². The lowest BCUT2D eigenvalue weighted by atomic mass is 10.0. The molecular formula is C16H26N2O2. The second-order valence-electron chi connectivity index (χ2n) is 5.41. The van der Waals surface area contributed by atoms with Crippen molar-refractivity contribution in [1.82, 2.24) is 0 Å². The first-order valence-electron chi connectivity index (χ1n) is 7.31. The first-order chi connectivity index (χ1) is 9.45. The van der Waals surface area contributed by atoms with Crippen molar-refractivity contribution in [2.45, 2.75) is 46.1 Å². The summed E-state index contributed by atoms with van der Waals surface area (Å²) in [6, 6.07) is 7.01. The summed E-state index contributed by atoms with van der Waals surface area (Å²) < 4.78 is 0. The van der Waals surface area contributed by atoms with Crippen LogP contribution in [-0.4, -0.2) is 23.6 Å². The normalized spacial score (nSPS) is 13.8. The molecule has 0 heterocycles. The molecule has 20 heavy (non-hydrogen) atoms. The average Bonchev–Trinajstić information content (AvgIpc) is 2.39. The number of aromatic hydroxyl groups is 1. The van der Waals surface area contributed by atoms with Crippen molar-refractivity contribution in [3.05, 3.63) is 24.3 Å². The number of carbonyl (C=O) groups excluding carboxylic acids is 1. The third-order valence-corrected chi connectivity index (χ3v) is 3.44. The highest BCUT2D eigenvalue weighted by Gasteiger charge is 2.20. The Kier molecular flexibility index (Phi) is 6.52. The second kappa shape index (κ2) is 7.90. The Labute approximate surface area is 121 Å². The van der Waals surface area contributed by atoms with E-state index < -0.39 is 0 Å². The van der Waals surface area contributed by atoms with Crippen molar-refractivity contribution in [3.8, 4) is 5.75 Å². The molecule has 2 atom stereocenters. The summed E-state index contributed by atoms with van der Waals surface area (Å²) in [5.74, 6) is 0.247. The van der Waals surface area contributed by atoms with Gasteiger partial charge in [-0.05, 0) is 38.8 Å². The number of hydrogen-bond acceptors (Lipinski definition) is 3. The number of nitrogens with two attached hydrogens (primary N) is 1. The van der Waals surface area contributed by atoms with Crippen LogP contribution in [0.5, 0.6) is 5.75 Å².